The highest BCUT2D eigenvalue weighted by molar-refractivity contribution is 5.81. The predicted molar refractivity (Wildman–Crippen MR) is 82.8 cm³/mol. The van der Waals surface area contributed by atoms with Crippen molar-refractivity contribution in [3.8, 4) is 11.8 Å². The lowest BCUT2D eigenvalue weighted by molar-refractivity contribution is 0.439. The molecule has 0 radical (unpaired) electrons. The molecular weight excluding hydrogens is 266 g/mol. The van der Waals surface area contributed by atoms with E-state index >= 15 is 0 Å². The monoisotopic (exact) mass is 281 g/mol. The lowest BCUT2D eigenvalue weighted by atomic mass is 10.1. The molecule has 0 unspecified atom stereocenters. The summed E-state index contributed by atoms with van der Waals surface area (Å²) in [5, 5.41) is 0.448. The largest absolute Gasteiger partial charge is 0.425 e. The van der Waals surface area contributed by atoms with Crippen molar-refractivity contribution in [2.24, 2.45) is 0 Å². The summed E-state index contributed by atoms with van der Waals surface area (Å²) in [6.45, 7) is 3.92. The van der Waals surface area contributed by atoms with Crippen molar-refractivity contribution in [2.45, 2.75) is 13.8 Å². The van der Waals surface area contributed by atoms with Gasteiger partial charge in [0.05, 0.1) is 10.9 Å². The third-order valence-corrected chi connectivity index (χ3v) is 3.26. The Balaban J connectivity index is 2.07. The molecule has 0 saturated carbocycles. The van der Waals surface area contributed by atoms with Crippen LogP contribution in [-0.2, 0) is 0 Å². The lowest BCUT2D eigenvalue weighted by Crippen LogP contribution is -2.10. The van der Waals surface area contributed by atoms with E-state index in [9.17, 15) is 4.79 Å². The van der Waals surface area contributed by atoms with Crippen molar-refractivity contribution in [2.75, 3.05) is 5.73 Å². The third-order valence-electron chi connectivity index (χ3n) is 3.26. The lowest BCUT2D eigenvalue weighted by Gasteiger charge is -2.09. The van der Waals surface area contributed by atoms with Crippen LogP contribution >= 0.6 is 0 Å². The van der Waals surface area contributed by atoms with E-state index in [1.807, 2.05) is 32.0 Å². The van der Waals surface area contributed by atoms with E-state index < -0.39 is 0 Å². The zero-order valence-electron chi connectivity index (χ0n) is 11.8. The van der Waals surface area contributed by atoms with Crippen molar-refractivity contribution >= 4 is 16.6 Å². The first kappa shape index (κ1) is 13.2. The molecule has 3 N–H and O–H groups in total. The summed E-state index contributed by atoms with van der Waals surface area (Å²) in [5.41, 5.74) is 8.53. The Morgan fingerprint density at radius 3 is 2.76 bits per heavy atom. The first-order valence-corrected chi connectivity index (χ1v) is 6.57. The van der Waals surface area contributed by atoms with Gasteiger partial charge in [0, 0.05) is 5.69 Å². The average molecular weight is 281 g/mol. The Morgan fingerprint density at radius 1 is 1.14 bits per heavy atom. The summed E-state index contributed by atoms with van der Waals surface area (Å²) in [5.74, 6) is 0.674. The van der Waals surface area contributed by atoms with E-state index in [0.29, 0.717) is 22.3 Å². The molecule has 0 spiro atoms. The number of hydrogen-bond acceptors (Lipinski definition) is 4. The van der Waals surface area contributed by atoms with Crippen LogP contribution in [0, 0.1) is 13.8 Å². The maximum atomic E-state index is 12.1. The summed E-state index contributed by atoms with van der Waals surface area (Å²) < 4.78 is 5.71. The van der Waals surface area contributed by atoms with Crippen LogP contribution in [0.15, 0.2) is 41.2 Å². The predicted octanol–water partition coefficient (Wildman–Crippen LogP) is 2.91. The molecule has 1 aromatic heterocycles. The molecule has 3 aromatic rings. The second-order valence-electron chi connectivity index (χ2n) is 5.02. The van der Waals surface area contributed by atoms with Gasteiger partial charge in [-0.2, -0.15) is 4.98 Å². The summed E-state index contributed by atoms with van der Waals surface area (Å²) in [6.07, 6.45) is 0. The minimum absolute atomic E-state index is 0.172. The van der Waals surface area contributed by atoms with Gasteiger partial charge in [-0.15, -0.1) is 0 Å². The number of anilines is 1. The molecule has 21 heavy (non-hydrogen) atoms. The Kier molecular flexibility index (Phi) is 3.10. The number of aromatic nitrogens is 2. The molecule has 106 valence electrons. The molecule has 0 bridgehead atoms. The molecule has 0 saturated heterocycles. The number of nitrogens with zero attached hydrogens (tertiary/aromatic N) is 1. The van der Waals surface area contributed by atoms with E-state index in [-0.39, 0.29) is 11.6 Å². The molecule has 2 aromatic carbocycles. The first-order chi connectivity index (χ1) is 10.0. The molecule has 1 heterocycles. The number of hydrogen-bond donors (Lipinski definition) is 2. The number of aryl methyl sites for hydroxylation is 2. The molecular formula is C16H15N3O2. The molecule has 0 aliphatic heterocycles. The molecule has 5 heteroatoms. The van der Waals surface area contributed by atoms with Gasteiger partial charge in [0.1, 0.15) is 5.75 Å². The van der Waals surface area contributed by atoms with Crippen LogP contribution in [0.3, 0.4) is 0 Å². The van der Waals surface area contributed by atoms with Crippen molar-refractivity contribution in [1.82, 2.24) is 9.97 Å². The average Bonchev–Trinajstić information content (AvgIpc) is 2.44. The van der Waals surface area contributed by atoms with Crippen LogP contribution < -0.4 is 16.0 Å². The fourth-order valence-electron chi connectivity index (χ4n) is 2.10. The van der Waals surface area contributed by atoms with Crippen molar-refractivity contribution in [3.05, 3.63) is 57.9 Å². The number of nitrogens with one attached hydrogen (secondary N) is 1. The topological polar surface area (TPSA) is 81.0 Å². The van der Waals surface area contributed by atoms with Crippen LogP contribution in [0.4, 0.5) is 5.69 Å². The normalized spacial score (nSPS) is 10.8. The van der Waals surface area contributed by atoms with Gasteiger partial charge in [-0.3, -0.25) is 9.78 Å². The second-order valence-corrected chi connectivity index (χ2v) is 5.02. The second kappa shape index (κ2) is 4.94. The minimum atomic E-state index is -0.271. The third kappa shape index (κ3) is 2.58. The number of benzene rings is 2. The van der Waals surface area contributed by atoms with Gasteiger partial charge in [0.25, 0.3) is 5.56 Å². The van der Waals surface area contributed by atoms with Crippen LogP contribution in [0.5, 0.6) is 11.8 Å². The minimum Gasteiger partial charge on any atom is -0.425 e. The van der Waals surface area contributed by atoms with E-state index in [4.69, 9.17) is 10.5 Å². The number of nitrogens with two attached hydrogens (primary N) is 1. The maximum absolute atomic E-state index is 12.1. The molecule has 0 aliphatic rings. The van der Waals surface area contributed by atoms with Gasteiger partial charge < -0.3 is 10.5 Å². The molecule has 3 rings (SSSR count). The van der Waals surface area contributed by atoms with Gasteiger partial charge in [-0.1, -0.05) is 12.1 Å². The summed E-state index contributed by atoms with van der Waals surface area (Å²) in [4.78, 5) is 19.0. The van der Waals surface area contributed by atoms with Gasteiger partial charge in [0.2, 0.25) is 0 Å². The number of H-pyrrole nitrogens is 1. The summed E-state index contributed by atoms with van der Waals surface area (Å²) >= 11 is 0. The van der Waals surface area contributed by atoms with Crippen LogP contribution in [0.25, 0.3) is 10.9 Å². The number of rotatable bonds is 2. The van der Waals surface area contributed by atoms with Gasteiger partial charge in [-0.05, 0) is 49.2 Å². The summed E-state index contributed by atoms with van der Waals surface area (Å²) in [7, 11) is 0. The number of fused-ring (bicyclic) bond motifs is 1. The van der Waals surface area contributed by atoms with Crippen molar-refractivity contribution in [1.29, 1.82) is 0 Å². The van der Waals surface area contributed by atoms with E-state index in [1.54, 1.807) is 18.2 Å². The molecule has 0 aliphatic carbocycles. The highest BCUT2D eigenvalue weighted by atomic mass is 16.5. The first-order valence-electron chi connectivity index (χ1n) is 6.57. The van der Waals surface area contributed by atoms with E-state index in [2.05, 4.69) is 9.97 Å². The number of nitrogen functional groups attached to an aromatic ring is 1. The van der Waals surface area contributed by atoms with Crippen molar-refractivity contribution < 1.29 is 4.74 Å². The Bertz CT molecular complexity index is 884. The van der Waals surface area contributed by atoms with Crippen molar-refractivity contribution in [3.63, 3.8) is 0 Å². The van der Waals surface area contributed by atoms with Gasteiger partial charge in [0.15, 0.2) is 0 Å². The fourth-order valence-corrected chi connectivity index (χ4v) is 2.10. The Hall–Kier alpha value is -2.82. The Labute approximate surface area is 121 Å². The zero-order valence-corrected chi connectivity index (χ0v) is 11.8. The fraction of sp³-hybridized carbons (Fsp3) is 0.125. The van der Waals surface area contributed by atoms with Crippen LogP contribution in [-0.4, -0.2) is 9.97 Å². The van der Waals surface area contributed by atoms with E-state index in [1.165, 1.54) is 0 Å². The Morgan fingerprint density at radius 2 is 1.95 bits per heavy atom. The standard InChI is InChI=1S/C16H15N3O2/c1-9-3-4-10(2)14(7-9)21-16-18-13-6-5-11(17)8-12(13)15(20)19-16/h3-8H,17H2,1-2H3,(H,18,19,20). The van der Waals surface area contributed by atoms with Gasteiger partial charge in [-0.25, -0.2) is 0 Å². The number of aromatic amines is 1. The quantitative estimate of drug-likeness (QED) is 0.708. The summed E-state index contributed by atoms with van der Waals surface area (Å²) in [6, 6.07) is 11.1. The van der Waals surface area contributed by atoms with Gasteiger partial charge >= 0.3 is 6.01 Å². The van der Waals surface area contributed by atoms with Crippen LogP contribution in [0.1, 0.15) is 11.1 Å². The van der Waals surface area contributed by atoms with E-state index in [0.717, 1.165) is 11.1 Å². The maximum Gasteiger partial charge on any atom is 0.302 e. The SMILES string of the molecule is Cc1ccc(C)c(Oc2nc3ccc(N)cc3c(=O)[nH]2)c1. The molecule has 5 nitrogen and oxygen atoms in total. The molecule has 0 fully saturated rings. The highest BCUT2D eigenvalue weighted by Crippen LogP contribution is 2.24. The highest BCUT2D eigenvalue weighted by Gasteiger charge is 2.08. The number of ether oxygens (including phenoxy) is 1. The van der Waals surface area contributed by atoms with Crippen LogP contribution in [0.2, 0.25) is 0 Å². The molecule has 0 atom stereocenters. The zero-order chi connectivity index (χ0) is 15.0. The molecule has 0 amide bonds. The smallest absolute Gasteiger partial charge is 0.302 e.